The minimum atomic E-state index is -0.653. The molecule has 1 unspecified atom stereocenters. The third-order valence-electron chi connectivity index (χ3n) is 2.57. The lowest BCUT2D eigenvalue weighted by atomic mass is 10.3. The predicted octanol–water partition coefficient (Wildman–Crippen LogP) is 2.25. The van der Waals surface area contributed by atoms with Gasteiger partial charge in [-0.15, -0.1) is 0 Å². The third-order valence-corrected chi connectivity index (χ3v) is 3.38. The van der Waals surface area contributed by atoms with Gasteiger partial charge in [-0.2, -0.15) is 0 Å². The summed E-state index contributed by atoms with van der Waals surface area (Å²) in [6.07, 6.45) is 2.77. The van der Waals surface area contributed by atoms with Crippen LogP contribution >= 0.6 is 23.2 Å². The van der Waals surface area contributed by atoms with Gasteiger partial charge in [-0.25, -0.2) is 4.98 Å². The van der Waals surface area contributed by atoms with Crippen LogP contribution in [-0.2, 0) is 6.54 Å². The Balaban J connectivity index is 1.72. The number of aliphatic hydroxyl groups excluding tert-OH is 1. The molecule has 5 nitrogen and oxygen atoms in total. The molecule has 1 heterocycles. The minimum absolute atomic E-state index is 0.130. The fourth-order valence-corrected chi connectivity index (χ4v) is 1.94. The predicted molar refractivity (Wildman–Crippen MR) is 78.3 cm³/mol. The molecule has 20 heavy (non-hydrogen) atoms. The summed E-state index contributed by atoms with van der Waals surface area (Å²) in [7, 11) is 0. The highest BCUT2D eigenvalue weighted by atomic mass is 35.5. The van der Waals surface area contributed by atoms with Crippen LogP contribution in [0.1, 0.15) is 5.82 Å². The molecule has 7 heteroatoms. The second-order valence-corrected chi connectivity index (χ2v) is 4.97. The molecular formula is C13H15Cl2N3O2. The summed E-state index contributed by atoms with van der Waals surface area (Å²) in [5.41, 5.74) is 0. The number of ether oxygens (including phenoxy) is 1. The first-order valence-corrected chi connectivity index (χ1v) is 6.86. The van der Waals surface area contributed by atoms with E-state index in [4.69, 9.17) is 27.9 Å². The largest absolute Gasteiger partial charge is 0.489 e. The Labute approximate surface area is 126 Å². The molecule has 1 aromatic carbocycles. The van der Waals surface area contributed by atoms with Crippen molar-refractivity contribution in [3.63, 3.8) is 0 Å². The van der Waals surface area contributed by atoms with E-state index in [0.29, 0.717) is 28.9 Å². The van der Waals surface area contributed by atoms with Gasteiger partial charge in [0.1, 0.15) is 29.3 Å². The summed E-state index contributed by atoms with van der Waals surface area (Å²) in [4.78, 5) is 7.03. The molecule has 0 aliphatic carbocycles. The number of nitrogens with zero attached hydrogens (tertiary/aromatic N) is 1. The van der Waals surface area contributed by atoms with Gasteiger partial charge in [0.25, 0.3) is 0 Å². The maximum absolute atomic E-state index is 9.81. The van der Waals surface area contributed by atoms with Crippen molar-refractivity contribution in [3.05, 3.63) is 46.5 Å². The maximum atomic E-state index is 9.81. The van der Waals surface area contributed by atoms with Crippen molar-refractivity contribution in [1.82, 2.24) is 15.3 Å². The Kier molecular flexibility index (Phi) is 5.67. The van der Waals surface area contributed by atoms with Crippen molar-refractivity contribution >= 4 is 23.2 Å². The molecule has 0 saturated carbocycles. The third kappa shape index (κ3) is 4.38. The van der Waals surface area contributed by atoms with Crippen LogP contribution in [-0.4, -0.2) is 34.3 Å². The SMILES string of the molecule is OC(CNCc1ncc[nH]1)COc1cccc(Cl)c1Cl. The topological polar surface area (TPSA) is 70.2 Å². The molecule has 0 saturated heterocycles. The van der Waals surface area contributed by atoms with Gasteiger partial charge < -0.3 is 20.1 Å². The van der Waals surface area contributed by atoms with Crippen LogP contribution in [0.25, 0.3) is 0 Å². The van der Waals surface area contributed by atoms with Gasteiger partial charge in [0.05, 0.1) is 11.6 Å². The first-order valence-electron chi connectivity index (χ1n) is 6.10. The number of aromatic nitrogens is 2. The number of aliphatic hydroxyl groups is 1. The van der Waals surface area contributed by atoms with Crippen molar-refractivity contribution < 1.29 is 9.84 Å². The number of nitrogens with one attached hydrogen (secondary N) is 2. The van der Waals surface area contributed by atoms with Crippen molar-refractivity contribution in [1.29, 1.82) is 0 Å². The van der Waals surface area contributed by atoms with Gasteiger partial charge in [-0.1, -0.05) is 29.3 Å². The number of halogens is 2. The van der Waals surface area contributed by atoms with Crippen LogP contribution in [0, 0.1) is 0 Å². The standard InChI is InChI=1S/C13H15Cl2N3O2/c14-10-2-1-3-11(13(10)15)20-8-9(19)6-16-7-12-17-4-5-18-12/h1-5,9,16,19H,6-8H2,(H,17,18). The van der Waals surface area contributed by atoms with Crippen LogP contribution in [0.5, 0.6) is 5.75 Å². The Morgan fingerprint density at radius 3 is 3.00 bits per heavy atom. The van der Waals surface area contributed by atoms with Crippen LogP contribution in [0.2, 0.25) is 10.0 Å². The van der Waals surface area contributed by atoms with Gasteiger partial charge >= 0.3 is 0 Å². The smallest absolute Gasteiger partial charge is 0.139 e. The zero-order valence-electron chi connectivity index (χ0n) is 10.6. The summed E-state index contributed by atoms with van der Waals surface area (Å²) < 4.78 is 5.44. The molecule has 0 radical (unpaired) electrons. The van der Waals surface area contributed by atoms with E-state index in [2.05, 4.69) is 15.3 Å². The second kappa shape index (κ2) is 7.50. The molecule has 0 spiro atoms. The number of aromatic amines is 1. The van der Waals surface area contributed by atoms with Crippen molar-refractivity contribution in [2.45, 2.75) is 12.6 Å². The number of H-pyrrole nitrogens is 1. The minimum Gasteiger partial charge on any atom is -0.489 e. The maximum Gasteiger partial charge on any atom is 0.139 e. The molecule has 2 aromatic rings. The molecule has 0 aliphatic heterocycles. The zero-order valence-corrected chi connectivity index (χ0v) is 12.2. The van der Waals surface area contributed by atoms with E-state index >= 15 is 0 Å². The summed E-state index contributed by atoms with van der Waals surface area (Å²) in [6.45, 7) is 1.08. The lowest BCUT2D eigenvalue weighted by molar-refractivity contribution is 0.106. The molecule has 0 fully saturated rings. The van der Waals surface area contributed by atoms with E-state index in [1.165, 1.54) is 0 Å². The fourth-order valence-electron chi connectivity index (χ4n) is 1.59. The lowest BCUT2D eigenvalue weighted by Gasteiger charge is -2.14. The average molecular weight is 316 g/mol. The Bertz CT molecular complexity index is 534. The van der Waals surface area contributed by atoms with E-state index in [0.717, 1.165) is 5.82 Å². The lowest BCUT2D eigenvalue weighted by Crippen LogP contribution is -2.31. The first kappa shape index (κ1) is 15.1. The summed E-state index contributed by atoms with van der Waals surface area (Å²) in [5, 5.41) is 13.6. The number of hydrogen-bond donors (Lipinski definition) is 3. The number of benzene rings is 1. The van der Waals surface area contributed by atoms with Crippen LogP contribution in [0.4, 0.5) is 0 Å². The highest BCUT2D eigenvalue weighted by Gasteiger charge is 2.09. The van der Waals surface area contributed by atoms with E-state index in [-0.39, 0.29) is 6.61 Å². The second-order valence-electron chi connectivity index (χ2n) is 4.18. The molecule has 2 rings (SSSR count). The van der Waals surface area contributed by atoms with Gasteiger partial charge in [-0.05, 0) is 12.1 Å². The Morgan fingerprint density at radius 2 is 2.25 bits per heavy atom. The summed E-state index contributed by atoms with van der Waals surface area (Å²) in [5.74, 6) is 1.28. The Hall–Kier alpha value is -1.27. The average Bonchev–Trinajstić information content (AvgIpc) is 2.94. The van der Waals surface area contributed by atoms with E-state index < -0.39 is 6.10 Å². The highest BCUT2D eigenvalue weighted by Crippen LogP contribution is 2.31. The van der Waals surface area contributed by atoms with Gasteiger partial charge in [-0.3, -0.25) is 0 Å². The number of imidazole rings is 1. The molecule has 0 amide bonds. The monoisotopic (exact) mass is 315 g/mol. The van der Waals surface area contributed by atoms with Crippen LogP contribution in [0.3, 0.4) is 0 Å². The molecule has 0 aliphatic rings. The number of rotatable bonds is 7. The normalized spacial score (nSPS) is 12.3. The highest BCUT2D eigenvalue weighted by molar-refractivity contribution is 6.42. The van der Waals surface area contributed by atoms with Gasteiger partial charge in [0.2, 0.25) is 0 Å². The molecular weight excluding hydrogens is 301 g/mol. The summed E-state index contributed by atoms with van der Waals surface area (Å²) >= 11 is 11.9. The van der Waals surface area contributed by atoms with Crippen molar-refractivity contribution in [2.24, 2.45) is 0 Å². The Morgan fingerprint density at radius 1 is 1.40 bits per heavy atom. The van der Waals surface area contributed by atoms with E-state index in [1.807, 2.05) is 0 Å². The van der Waals surface area contributed by atoms with Gasteiger partial charge in [0.15, 0.2) is 0 Å². The molecule has 0 bridgehead atoms. The van der Waals surface area contributed by atoms with Crippen molar-refractivity contribution in [3.8, 4) is 5.75 Å². The van der Waals surface area contributed by atoms with Crippen LogP contribution < -0.4 is 10.1 Å². The van der Waals surface area contributed by atoms with E-state index in [9.17, 15) is 5.11 Å². The van der Waals surface area contributed by atoms with Gasteiger partial charge in [0, 0.05) is 18.9 Å². The molecule has 108 valence electrons. The molecule has 1 atom stereocenters. The van der Waals surface area contributed by atoms with Crippen molar-refractivity contribution in [2.75, 3.05) is 13.2 Å². The molecule has 1 aromatic heterocycles. The first-order chi connectivity index (χ1) is 9.66. The zero-order chi connectivity index (χ0) is 14.4. The molecule has 3 N–H and O–H groups in total. The van der Waals surface area contributed by atoms with Crippen LogP contribution in [0.15, 0.2) is 30.6 Å². The fraction of sp³-hybridized carbons (Fsp3) is 0.308. The summed E-state index contributed by atoms with van der Waals surface area (Å²) in [6, 6.07) is 5.13. The van der Waals surface area contributed by atoms with E-state index in [1.54, 1.807) is 30.6 Å². The number of hydrogen-bond acceptors (Lipinski definition) is 4. The quantitative estimate of drug-likeness (QED) is 0.733.